The average molecular weight is 293 g/mol. The van der Waals surface area contributed by atoms with E-state index in [1.165, 1.54) is 19.1 Å². The van der Waals surface area contributed by atoms with Gasteiger partial charge in [-0.05, 0) is 24.5 Å². The molecule has 0 bridgehead atoms. The third-order valence-electron chi connectivity index (χ3n) is 3.85. The van der Waals surface area contributed by atoms with Crippen molar-refractivity contribution in [1.82, 2.24) is 4.90 Å². The minimum atomic E-state index is -0.971. The maximum absolute atomic E-state index is 12.6. The Morgan fingerprint density at radius 2 is 2.00 bits per heavy atom. The van der Waals surface area contributed by atoms with E-state index in [4.69, 9.17) is 9.47 Å². The standard InChI is InChI=1S/C15H19NO5/c1-9-6-7-16(13(9)15(18)19)14(17)11-5-4-10(20-2)8-12(11)21-3/h4-5,8-9,13H,6-7H2,1-3H3,(H,18,19). The van der Waals surface area contributed by atoms with Crippen LogP contribution in [0.25, 0.3) is 0 Å². The first-order valence-corrected chi connectivity index (χ1v) is 6.75. The molecule has 114 valence electrons. The van der Waals surface area contributed by atoms with Crippen molar-refractivity contribution in [3.05, 3.63) is 23.8 Å². The highest BCUT2D eigenvalue weighted by atomic mass is 16.5. The van der Waals surface area contributed by atoms with Crippen molar-refractivity contribution in [2.75, 3.05) is 20.8 Å². The van der Waals surface area contributed by atoms with E-state index in [1.807, 2.05) is 6.92 Å². The molecule has 2 rings (SSSR count). The molecule has 0 radical (unpaired) electrons. The van der Waals surface area contributed by atoms with Gasteiger partial charge in [0, 0.05) is 12.6 Å². The summed E-state index contributed by atoms with van der Waals surface area (Å²) in [6.45, 7) is 2.28. The molecule has 0 aromatic heterocycles. The molecule has 1 aliphatic rings. The van der Waals surface area contributed by atoms with Crippen LogP contribution in [0.3, 0.4) is 0 Å². The van der Waals surface area contributed by atoms with Crippen LogP contribution in [-0.2, 0) is 4.79 Å². The summed E-state index contributed by atoms with van der Waals surface area (Å²) in [5.41, 5.74) is 0.346. The van der Waals surface area contributed by atoms with Crippen molar-refractivity contribution in [3.63, 3.8) is 0 Å². The van der Waals surface area contributed by atoms with Crippen LogP contribution in [-0.4, -0.2) is 48.7 Å². The van der Waals surface area contributed by atoms with E-state index in [1.54, 1.807) is 18.2 Å². The molecule has 1 aromatic rings. The van der Waals surface area contributed by atoms with Crippen molar-refractivity contribution in [3.8, 4) is 11.5 Å². The van der Waals surface area contributed by atoms with E-state index in [0.29, 0.717) is 30.0 Å². The Morgan fingerprint density at radius 3 is 2.57 bits per heavy atom. The Kier molecular flexibility index (Phi) is 4.35. The number of likely N-dealkylation sites (tertiary alicyclic amines) is 1. The zero-order valence-corrected chi connectivity index (χ0v) is 12.3. The highest BCUT2D eigenvalue weighted by Crippen LogP contribution is 2.30. The van der Waals surface area contributed by atoms with Gasteiger partial charge in [0.15, 0.2) is 0 Å². The number of carbonyl (C=O) groups is 2. The van der Waals surface area contributed by atoms with Gasteiger partial charge >= 0.3 is 5.97 Å². The molecule has 0 spiro atoms. The van der Waals surface area contributed by atoms with Gasteiger partial charge < -0.3 is 19.5 Å². The summed E-state index contributed by atoms with van der Waals surface area (Å²) < 4.78 is 10.3. The van der Waals surface area contributed by atoms with Gasteiger partial charge in [-0.1, -0.05) is 6.92 Å². The van der Waals surface area contributed by atoms with Gasteiger partial charge in [-0.15, -0.1) is 0 Å². The summed E-state index contributed by atoms with van der Waals surface area (Å²) in [4.78, 5) is 25.4. The van der Waals surface area contributed by atoms with Crippen molar-refractivity contribution in [1.29, 1.82) is 0 Å². The maximum Gasteiger partial charge on any atom is 0.326 e. The third kappa shape index (κ3) is 2.79. The van der Waals surface area contributed by atoms with Gasteiger partial charge in [-0.2, -0.15) is 0 Å². The lowest BCUT2D eigenvalue weighted by Gasteiger charge is -2.24. The van der Waals surface area contributed by atoms with Crippen LogP contribution >= 0.6 is 0 Å². The van der Waals surface area contributed by atoms with Crippen molar-refractivity contribution >= 4 is 11.9 Å². The Bertz CT molecular complexity index is 557. The fraction of sp³-hybridized carbons (Fsp3) is 0.467. The quantitative estimate of drug-likeness (QED) is 0.913. The predicted octanol–water partition coefficient (Wildman–Crippen LogP) is 1.64. The van der Waals surface area contributed by atoms with Gasteiger partial charge in [0.2, 0.25) is 0 Å². The number of aliphatic carboxylic acids is 1. The molecule has 1 heterocycles. The van der Waals surface area contributed by atoms with Gasteiger partial charge in [0.1, 0.15) is 17.5 Å². The monoisotopic (exact) mass is 293 g/mol. The zero-order chi connectivity index (χ0) is 15.6. The van der Waals surface area contributed by atoms with E-state index < -0.39 is 12.0 Å². The summed E-state index contributed by atoms with van der Waals surface area (Å²) in [5, 5.41) is 9.31. The molecule has 1 saturated heterocycles. The molecular formula is C15H19NO5. The highest BCUT2D eigenvalue weighted by Gasteiger charge is 2.40. The topological polar surface area (TPSA) is 76.1 Å². The molecule has 6 heteroatoms. The van der Waals surface area contributed by atoms with Gasteiger partial charge in [-0.3, -0.25) is 4.79 Å². The fourth-order valence-corrected chi connectivity index (χ4v) is 2.68. The normalized spacial score (nSPS) is 21.2. The molecule has 2 unspecified atom stereocenters. The van der Waals surface area contributed by atoms with Crippen LogP contribution in [0.5, 0.6) is 11.5 Å². The smallest absolute Gasteiger partial charge is 0.326 e. The van der Waals surface area contributed by atoms with Crippen molar-refractivity contribution in [2.24, 2.45) is 5.92 Å². The first kappa shape index (κ1) is 15.2. The van der Waals surface area contributed by atoms with E-state index in [0.717, 1.165) is 0 Å². The number of carboxylic acid groups (broad SMARTS) is 1. The Hall–Kier alpha value is -2.24. The molecular weight excluding hydrogens is 274 g/mol. The number of nitrogens with zero attached hydrogens (tertiary/aromatic N) is 1. The molecule has 21 heavy (non-hydrogen) atoms. The fourth-order valence-electron chi connectivity index (χ4n) is 2.68. The second-order valence-electron chi connectivity index (χ2n) is 5.11. The van der Waals surface area contributed by atoms with E-state index in [2.05, 4.69) is 0 Å². The van der Waals surface area contributed by atoms with Gasteiger partial charge in [0.25, 0.3) is 5.91 Å². The summed E-state index contributed by atoms with van der Waals surface area (Å²) in [7, 11) is 2.99. The number of hydrogen-bond donors (Lipinski definition) is 1. The maximum atomic E-state index is 12.6. The first-order chi connectivity index (χ1) is 9.99. The number of rotatable bonds is 4. The number of ether oxygens (including phenoxy) is 2. The summed E-state index contributed by atoms with van der Waals surface area (Å²) >= 11 is 0. The summed E-state index contributed by atoms with van der Waals surface area (Å²) in [6, 6.07) is 4.08. The molecule has 1 fully saturated rings. The second kappa shape index (κ2) is 6.03. The molecule has 6 nitrogen and oxygen atoms in total. The van der Waals surface area contributed by atoms with Crippen LogP contribution in [0.15, 0.2) is 18.2 Å². The van der Waals surface area contributed by atoms with Crippen molar-refractivity contribution in [2.45, 2.75) is 19.4 Å². The summed E-state index contributed by atoms with van der Waals surface area (Å²) in [5.74, 6) is -0.404. The predicted molar refractivity (Wildman–Crippen MR) is 75.8 cm³/mol. The zero-order valence-electron chi connectivity index (χ0n) is 12.3. The van der Waals surface area contributed by atoms with Crippen LogP contribution in [0.4, 0.5) is 0 Å². The Morgan fingerprint density at radius 1 is 1.29 bits per heavy atom. The van der Waals surface area contributed by atoms with Crippen LogP contribution in [0, 0.1) is 5.92 Å². The lowest BCUT2D eigenvalue weighted by molar-refractivity contribution is -0.142. The number of carboxylic acids is 1. The van der Waals surface area contributed by atoms with Crippen LogP contribution < -0.4 is 9.47 Å². The lowest BCUT2D eigenvalue weighted by atomic mass is 10.0. The number of carbonyl (C=O) groups excluding carboxylic acids is 1. The van der Waals surface area contributed by atoms with E-state index in [-0.39, 0.29) is 11.8 Å². The summed E-state index contributed by atoms with van der Waals surface area (Å²) in [6.07, 6.45) is 0.682. The van der Waals surface area contributed by atoms with Crippen molar-refractivity contribution < 1.29 is 24.2 Å². The minimum absolute atomic E-state index is 0.0595. The molecule has 2 atom stereocenters. The van der Waals surface area contributed by atoms with Gasteiger partial charge in [0.05, 0.1) is 19.8 Å². The van der Waals surface area contributed by atoms with E-state index >= 15 is 0 Å². The largest absolute Gasteiger partial charge is 0.497 e. The molecule has 1 aliphatic heterocycles. The molecule has 1 N–H and O–H groups in total. The Balaban J connectivity index is 2.33. The molecule has 0 aliphatic carbocycles. The highest BCUT2D eigenvalue weighted by molar-refractivity contribution is 5.99. The number of hydrogen-bond acceptors (Lipinski definition) is 4. The average Bonchev–Trinajstić information content (AvgIpc) is 2.87. The number of benzene rings is 1. The third-order valence-corrected chi connectivity index (χ3v) is 3.85. The number of amides is 1. The second-order valence-corrected chi connectivity index (χ2v) is 5.11. The molecule has 0 saturated carbocycles. The minimum Gasteiger partial charge on any atom is -0.497 e. The van der Waals surface area contributed by atoms with Crippen LogP contribution in [0.1, 0.15) is 23.7 Å². The Labute approximate surface area is 123 Å². The molecule has 1 amide bonds. The lowest BCUT2D eigenvalue weighted by Crippen LogP contribution is -2.42. The van der Waals surface area contributed by atoms with Crippen LogP contribution in [0.2, 0.25) is 0 Å². The number of methoxy groups -OCH3 is 2. The SMILES string of the molecule is COc1ccc(C(=O)N2CCC(C)C2C(=O)O)c(OC)c1. The van der Waals surface area contributed by atoms with E-state index in [9.17, 15) is 14.7 Å². The van der Waals surface area contributed by atoms with Gasteiger partial charge in [-0.25, -0.2) is 4.79 Å². The molecule has 1 aromatic carbocycles. The first-order valence-electron chi connectivity index (χ1n) is 6.75.